The highest BCUT2D eigenvalue weighted by Gasteiger charge is 2.20. The molecule has 3 rings (SSSR count). The third-order valence-corrected chi connectivity index (χ3v) is 4.95. The molecule has 2 N–H and O–H groups in total. The first-order chi connectivity index (χ1) is 12.0. The predicted molar refractivity (Wildman–Crippen MR) is 106 cm³/mol. The second-order valence-electron chi connectivity index (χ2n) is 6.64. The molecule has 5 heteroatoms. The number of urea groups is 1. The molecule has 0 bridgehead atoms. The zero-order chi connectivity index (χ0) is 18.0. The SMILES string of the molecule is Cc1cc(C)c(N2CCCC2)c(C)c1NC(=O)Nc1ccc(Cl)cc1. The minimum absolute atomic E-state index is 0.246. The quantitative estimate of drug-likeness (QED) is 0.760. The molecule has 0 aliphatic carbocycles. The first-order valence-electron chi connectivity index (χ1n) is 8.65. The molecule has 2 aromatic carbocycles. The smallest absolute Gasteiger partial charge is 0.323 e. The summed E-state index contributed by atoms with van der Waals surface area (Å²) in [4.78, 5) is 14.8. The normalized spacial score (nSPS) is 13.8. The van der Waals surface area contributed by atoms with E-state index in [0.717, 1.165) is 29.9 Å². The van der Waals surface area contributed by atoms with Crippen molar-refractivity contribution in [3.05, 3.63) is 52.0 Å². The van der Waals surface area contributed by atoms with E-state index in [1.54, 1.807) is 24.3 Å². The Labute approximate surface area is 154 Å². The maximum atomic E-state index is 12.4. The van der Waals surface area contributed by atoms with Crippen LogP contribution in [-0.4, -0.2) is 19.1 Å². The first-order valence-corrected chi connectivity index (χ1v) is 9.03. The molecule has 4 nitrogen and oxygen atoms in total. The Hall–Kier alpha value is -2.20. The van der Waals surface area contributed by atoms with Gasteiger partial charge in [-0.15, -0.1) is 0 Å². The van der Waals surface area contributed by atoms with E-state index in [1.807, 2.05) is 6.92 Å². The van der Waals surface area contributed by atoms with Crippen LogP contribution in [-0.2, 0) is 0 Å². The third kappa shape index (κ3) is 3.90. The standard InChI is InChI=1S/C20H24ClN3O/c1-13-12-14(2)19(24-10-4-5-11-24)15(3)18(13)23-20(25)22-17-8-6-16(21)7-9-17/h6-9,12H,4-5,10-11H2,1-3H3,(H2,22,23,25). The van der Waals surface area contributed by atoms with Crippen LogP contribution in [0.3, 0.4) is 0 Å². The van der Waals surface area contributed by atoms with Gasteiger partial charge in [-0.2, -0.15) is 0 Å². The van der Waals surface area contributed by atoms with Crippen LogP contribution in [0, 0.1) is 20.8 Å². The molecule has 0 aromatic heterocycles. The predicted octanol–water partition coefficient (Wildman–Crippen LogP) is 5.51. The maximum absolute atomic E-state index is 12.4. The molecule has 1 fully saturated rings. The number of benzene rings is 2. The number of carbonyl (C=O) groups excluding carboxylic acids is 1. The van der Waals surface area contributed by atoms with Gasteiger partial charge in [-0.05, 0) is 74.6 Å². The summed E-state index contributed by atoms with van der Waals surface area (Å²) < 4.78 is 0. The number of carbonyl (C=O) groups is 1. The Morgan fingerprint density at radius 1 is 1.00 bits per heavy atom. The van der Waals surface area contributed by atoms with Crippen molar-refractivity contribution in [3.63, 3.8) is 0 Å². The number of hydrogen-bond acceptors (Lipinski definition) is 2. The molecule has 25 heavy (non-hydrogen) atoms. The van der Waals surface area contributed by atoms with Crippen LogP contribution in [0.5, 0.6) is 0 Å². The van der Waals surface area contributed by atoms with Crippen molar-refractivity contribution >= 4 is 34.7 Å². The van der Waals surface area contributed by atoms with Crippen molar-refractivity contribution in [2.45, 2.75) is 33.6 Å². The first kappa shape index (κ1) is 17.6. The van der Waals surface area contributed by atoms with E-state index in [4.69, 9.17) is 11.6 Å². The summed E-state index contributed by atoms with van der Waals surface area (Å²) in [7, 11) is 0. The molecule has 2 amide bonds. The van der Waals surface area contributed by atoms with Crippen LogP contribution >= 0.6 is 11.6 Å². The Morgan fingerprint density at radius 2 is 1.64 bits per heavy atom. The van der Waals surface area contributed by atoms with Gasteiger partial charge in [-0.1, -0.05) is 17.7 Å². The van der Waals surface area contributed by atoms with E-state index in [1.165, 1.54) is 24.1 Å². The average molecular weight is 358 g/mol. The molecule has 1 heterocycles. The maximum Gasteiger partial charge on any atom is 0.323 e. The fraction of sp³-hybridized carbons (Fsp3) is 0.350. The van der Waals surface area contributed by atoms with Gasteiger partial charge in [0.25, 0.3) is 0 Å². The fourth-order valence-electron chi connectivity index (χ4n) is 3.60. The minimum atomic E-state index is -0.246. The van der Waals surface area contributed by atoms with Crippen molar-refractivity contribution < 1.29 is 4.79 Å². The summed E-state index contributed by atoms with van der Waals surface area (Å²) >= 11 is 5.88. The van der Waals surface area contributed by atoms with Crippen molar-refractivity contribution in [2.24, 2.45) is 0 Å². The zero-order valence-electron chi connectivity index (χ0n) is 14.9. The van der Waals surface area contributed by atoms with Gasteiger partial charge in [-0.3, -0.25) is 0 Å². The van der Waals surface area contributed by atoms with Gasteiger partial charge in [0.15, 0.2) is 0 Å². The zero-order valence-corrected chi connectivity index (χ0v) is 15.7. The van der Waals surface area contributed by atoms with Crippen LogP contribution in [0.4, 0.5) is 21.9 Å². The number of aryl methyl sites for hydroxylation is 2. The van der Waals surface area contributed by atoms with E-state index in [0.29, 0.717) is 10.7 Å². The Morgan fingerprint density at radius 3 is 2.28 bits per heavy atom. The molecular weight excluding hydrogens is 334 g/mol. The van der Waals surface area contributed by atoms with Gasteiger partial charge >= 0.3 is 6.03 Å². The van der Waals surface area contributed by atoms with Crippen LogP contribution in [0.1, 0.15) is 29.5 Å². The summed E-state index contributed by atoms with van der Waals surface area (Å²) in [5.41, 5.74) is 6.32. The average Bonchev–Trinajstić information content (AvgIpc) is 3.07. The van der Waals surface area contributed by atoms with E-state index in [9.17, 15) is 4.79 Å². The molecule has 132 valence electrons. The molecule has 0 spiro atoms. The Balaban J connectivity index is 1.82. The van der Waals surface area contributed by atoms with Gasteiger partial charge in [-0.25, -0.2) is 4.79 Å². The van der Waals surface area contributed by atoms with Crippen molar-refractivity contribution in [2.75, 3.05) is 28.6 Å². The van der Waals surface area contributed by atoms with Crippen molar-refractivity contribution in [3.8, 4) is 0 Å². The number of anilines is 3. The highest BCUT2D eigenvalue weighted by atomic mass is 35.5. The van der Waals surface area contributed by atoms with Crippen LogP contribution < -0.4 is 15.5 Å². The fourth-order valence-corrected chi connectivity index (χ4v) is 3.73. The Kier molecular flexibility index (Phi) is 5.19. The van der Waals surface area contributed by atoms with E-state index in [-0.39, 0.29) is 6.03 Å². The molecule has 0 radical (unpaired) electrons. The number of halogens is 1. The molecule has 2 aromatic rings. The summed E-state index contributed by atoms with van der Waals surface area (Å²) in [6, 6.07) is 8.98. The van der Waals surface area contributed by atoms with Crippen LogP contribution in [0.25, 0.3) is 0 Å². The largest absolute Gasteiger partial charge is 0.371 e. The summed E-state index contributed by atoms with van der Waals surface area (Å²) in [6.07, 6.45) is 2.46. The van der Waals surface area contributed by atoms with E-state index < -0.39 is 0 Å². The number of amides is 2. The molecule has 1 aliphatic rings. The van der Waals surface area contributed by atoms with Crippen LogP contribution in [0.2, 0.25) is 5.02 Å². The summed E-state index contributed by atoms with van der Waals surface area (Å²) in [5.74, 6) is 0. The lowest BCUT2D eigenvalue weighted by atomic mass is 10.0. The number of hydrogen-bond donors (Lipinski definition) is 2. The highest BCUT2D eigenvalue weighted by molar-refractivity contribution is 6.30. The van der Waals surface area contributed by atoms with E-state index >= 15 is 0 Å². The van der Waals surface area contributed by atoms with E-state index in [2.05, 4.69) is 35.4 Å². The molecule has 1 saturated heterocycles. The molecule has 1 aliphatic heterocycles. The summed E-state index contributed by atoms with van der Waals surface area (Å²) in [6.45, 7) is 8.44. The molecule has 0 unspecified atom stereocenters. The number of nitrogens with one attached hydrogen (secondary N) is 2. The van der Waals surface area contributed by atoms with Gasteiger partial charge in [0.05, 0.1) is 5.69 Å². The van der Waals surface area contributed by atoms with Gasteiger partial charge in [0.1, 0.15) is 0 Å². The molecule has 0 saturated carbocycles. The van der Waals surface area contributed by atoms with Crippen LogP contribution in [0.15, 0.2) is 30.3 Å². The van der Waals surface area contributed by atoms with Gasteiger partial charge < -0.3 is 15.5 Å². The lowest BCUT2D eigenvalue weighted by Crippen LogP contribution is -2.23. The molecular formula is C20H24ClN3O. The Bertz CT molecular complexity index is 781. The van der Waals surface area contributed by atoms with Gasteiger partial charge in [0.2, 0.25) is 0 Å². The lowest BCUT2D eigenvalue weighted by molar-refractivity contribution is 0.262. The minimum Gasteiger partial charge on any atom is -0.371 e. The number of nitrogens with zero attached hydrogens (tertiary/aromatic N) is 1. The second kappa shape index (κ2) is 7.36. The second-order valence-corrected chi connectivity index (χ2v) is 7.08. The monoisotopic (exact) mass is 357 g/mol. The van der Waals surface area contributed by atoms with Crippen molar-refractivity contribution in [1.82, 2.24) is 0 Å². The lowest BCUT2D eigenvalue weighted by Gasteiger charge is -2.26. The highest BCUT2D eigenvalue weighted by Crippen LogP contribution is 2.35. The summed E-state index contributed by atoms with van der Waals surface area (Å²) in [5, 5.41) is 6.52. The topological polar surface area (TPSA) is 44.4 Å². The van der Waals surface area contributed by atoms with Gasteiger partial charge in [0, 0.05) is 29.5 Å². The third-order valence-electron chi connectivity index (χ3n) is 4.69. The molecule has 0 atom stereocenters. The number of rotatable bonds is 3. The van der Waals surface area contributed by atoms with Crippen molar-refractivity contribution in [1.29, 1.82) is 0 Å².